The molecule has 1 unspecified atom stereocenters. The molecule has 2 nitrogen and oxygen atoms in total. The highest BCUT2D eigenvalue weighted by Crippen LogP contribution is 2.13. The van der Waals surface area contributed by atoms with Gasteiger partial charge in [-0.2, -0.15) is 0 Å². The maximum absolute atomic E-state index is 9.24. The van der Waals surface area contributed by atoms with Gasteiger partial charge in [-0.1, -0.05) is 32.0 Å². The highest BCUT2D eigenvalue weighted by atomic mass is 16.3. The van der Waals surface area contributed by atoms with E-state index in [4.69, 9.17) is 0 Å². The molecule has 90 valence electrons. The molecule has 0 saturated heterocycles. The fourth-order valence-corrected chi connectivity index (χ4v) is 1.76. The number of rotatable bonds is 5. The molecule has 0 heterocycles. The van der Waals surface area contributed by atoms with Crippen molar-refractivity contribution in [3.05, 3.63) is 34.9 Å². The fraction of sp³-hybridized carbons (Fsp3) is 0.571. The van der Waals surface area contributed by atoms with Gasteiger partial charge in [0.25, 0.3) is 0 Å². The van der Waals surface area contributed by atoms with Gasteiger partial charge < -0.3 is 10.4 Å². The number of aryl methyl sites for hydroxylation is 1. The van der Waals surface area contributed by atoms with Crippen molar-refractivity contribution in [3.63, 3.8) is 0 Å². The van der Waals surface area contributed by atoms with E-state index in [1.165, 1.54) is 16.7 Å². The van der Waals surface area contributed by atoms with E-state index in [9.17, 15) is 5.11 Å². The van der Waals surface area contributed by atoms with Gasteiger partial charge in [-0.3, -0.25) is 0 Å². The van der Waals surface area contributed by atoms with E-state index in [1.807, 2.05) is 0 Å². The third-order valence-corrected chi connectivity index (χ3v) is 3.27. The summed E-state index contributed by atoms with van der Waals surface area (Å²) in [6.45, 7) is 9.55. The number of hydrogen-bond acceptors (Lipinski definition) is 2. The zero-order valence-electron chi connectivity index (χ0n) is 10.7. The first-order valence-electron chi connectivity index (χ1n) is 5.95. The SMILES string of the molecule is Cc1cccc(CNC(CO)C(C)C)c1C. The van der Waals surface area contributed by atoms with Crippen LogP contribution in [-0.2, 0) is 6.54 Å². The first-order chi connectivity index (χ1) is 7.56. The molecule has 0 aliphatic rings. The average molecular weight is 221 g/mol. The first kappa shape index (κ1) is 13.2. The molecule has 16 heavy (non-hydrogen) atoms. The molecule has 0 fully saturated rings. The minimum absolute atomic E-state index is 0.180. The van der Waals surface area contributed by atoms with Gasteiger partial charge in [0.1, 0.15) is 0 Å². The summed E-state index contributed by atoms with van der Waals surface area (Å²) in [5.41, 5.74) is 3.99. The van der Waals surface area contributed by atoms with Crippen molar-refractivity contribution in [3.8, 4) is 0 Å². The van der Waals surface area contributed by atoms with E-state index < -0.39 is 0 Å². The number of aliphatic hydroxyl groups excluding tert-OH is 1. The smallest absolute Gasteiger partial charge is 0.0587 e. The number of aliphatic hydroxyl groups is 1. The Hall–Kier alpha value is -0.860. The van der Waals surface area contributed by atoms with E-state index in [1.54, 1.807) is 0 Å². The summed E-state index contributed by atoms with van der Waals surface area (Å²) >= 11 is 0. The van der Waals surface area contributed by atoms with Crippen LogP contribution in [-0.4, -0.2) is 17.8 Å². The van der Waals surface area contributed by atoms with Crippen LogP contribution in [0.1, 0.15) is 30.5 Å². The lowest BCUT2D eigenvalue weighted by atomic mass is 10.0. The van der Waals surface area contributed by atoms with Crippen LogP contribution in [0.25, 0.3) is 0 Å². The molecule has 0 bridgehead atoms. The van der Waals surface area contributed by atoms with E-state index in [0.717, 1.165) is 6.54 Å². The van der Waals surface area contributed by atoms with Gasteiger partial charge in [0, 0.05) is 12.6 Å². The van der Waals surface area contributed by atoms with Crippen LogP contribution in [0, 0.1) is 19.8 Å². The van der Waals surface area contributed by atoms with Crippen LogP contribution in [0.5, 0.6) is 0 Å². The van der Waals surface area contributed by atoms with Gasteiger partial charge in [0.15, 0.2) is 0 Å². The molecule has 1 aromatic carbocycles. The summed E-state index contributed by atoms with van der Waals surface area (Å²) in [5, 5.41) is 12.6. The van der Waals surface area contributed by atoms with Crippen LogP contribution in [0.3, 0.4) is 0 Å². The molecule has 2 N–H and O–H groups in total. The number of nitrogens with one attached hydrogen (secondary N) is 1. The minimum Gasteiger partial charge on any atom is -0.395 e. The van der Waals surface area contributed by atoms with Crippen LogP contribution in [0.15, 0.2) is 18.2 Å². The Labute approximate surface area is 98.7 Å². The van der Waals surface area contributed by atoms with Crippen molar-refractivity contribution in [2.24, 2.45) is 5.92 Å². The van der Waals surface area contributed by atoms with E-state index in [2.05, 4.69) is 51.2 Å². The van der Waals surface area contributed by atoms with E-state index >= 15 is 0 Å². The molecule has 1 aromatic rings. The Kier molecular flexibility index (Phi) is 4.97. The van der Waals surface area contributed by atoms with Gasteiger partial charge in [-0.15, -0.1) is 0 Å². The molecule has 0 radical (unpaired) electrons. The maximum atomic E-state index is 9.24. The molecule has 0 aliphatic heterocycles. The largest absolute Gasteiger partial charge is 0.395 e. The van der Waals surface area contributed by atoms with Gasteiger partial charge >= 0.3 is 0 Å². The maximum Gasteiger partial charge on any atom is 0.0587 e. The third-order valence-electron chi connectivity index (χ3n) is 3.27. The van der Waals surface area contributed by atoms with Gasteiger partial charge in [-0.25, -0.2) is 0 Å². The summed E-state index contributed by atoms with van der Waals surface area (Å²) in [7, 11) is 0. The van der Waals surface area contributed by atoms with Gasteiger partial charge in [0.05, 0.1) is 6.61 Å². The summed E-state index contributed by atoms with van der Waals surface area (Å²) < 4.78 is 0. The lowest BCUT2D eigenvalue weighted by Crippen LogP contribution is -2.36. The summed E-state index contributed by atoms with van der Waals surface area (Å²) in [5.74, 6) is 0.454. The highest BCUT2D eigenvalue weighted by Gasteiger charge is 2.11. The van der Waals surface area contributed by atoms with Gasteiger partial charge in [-0.05, 0) is 36.5 Å². The average Bonchev–Trinajstić information content (AvgIpc) is 2.24. The molecular formula is C14H23NO. The lowest BCUT2D eigenvalue weighted by molar-refractivity contribution is 0.210. The summed E-state index contributed by atoms with van der Waals surface area (Å²) in [4.78, 5) is 0. The van der Waals surface area contributed by atoms with Crippen LogP contribution in [0.2, 0.25) is 0 Å². The minimum atomic E-state index is 0.180. The Bertz CT molecular complexity index is 334. The predicted molar refractivity (Wildman–Crippen MR) is 68.5 cm³/mol. The molecular weight excluding hydrogens is 198 g/mol. The predicted octanol–water partition coefficient (Wildman–Crippen LogP) is 2.41. The first-order valence-corrected chi connectivity index (χ1v) is 5.95. The Morgan fingerprint density at radius 2 is 1.94 bits per heavy atom. The molecule has 2 heteroatoms. The molecule has 0 saturated carbocycles. The van der Waals surface area contributed by atoms with Crippen LogP contribution in [0.4, 0.5) is 0 Å². The second kappa shape index (κ2) is 6.02. The topological polar surface area (TPSA) is 32.3 Å². The zero-order valence-corrected chi connectivity index (χ0v) is 10.7. The zero-order chi connectivity index (χ0) is 12.1. The van der Waals surface area contributed by atoms with Gasteiger partial charge in [0.2, 0.25) is 0 Å². The Morgan fingerprint density at radius 3 is 2.50 bits per heavy atom. The number of benzene rings is 1. The monoisotopic (exact) mass is 221 g/mol. The van der Waals surface area contributed by atoms with Crippen LogP contribution >= 0.6 is 0 Å². The summed E-state index contributed by atoms with van der Waals surface area (Å²) in [6.07, 6.45) is 0. The Morgan fingerprint density at radius 1 is 1.25 bits per heavy atom. The molecule has 1 atom stereocenters. The molecule has 0 amide bonds. The number of hydrogen-bond donors (Lipinski definition) is 2. The van der Waals surface area contributed by atoms with Crippen LogP contribution < -0.4 is 5.32 Å². The molecule has 0 spiro atoms. The van der Waals surface area contributed by atoms with Crippen molar-refractivity contribution < 1.29 is 5.11 Å². The summed E-state index contributed by atoms with van der Waals surface area (Å²) in [6, 6.07) is 6.54. The Balaban J connectivity index is 2.64. The van der Waals surface area contributed by atoms with Crippen molar-refractivity contribution >= 4 is 0 Å². The molecule has 0 aromatic heterocycles. The quantitative estimate of drug-likeness (QED) is 0.800. The van der Waals surface area contributed by atoms with Crippen molar-refractivity contribution in [2.75, 3.05) is 6.61 Å². The molecule has 1 rings (SSSR count). The van der Waals surface area contributed by atoms with E-state index in [-0.39, 0.29) is 12.6 Å². The highest BCUT2D eigenvalue weighted by molar-refractivity contribution is 5.32. The standard InChI is InChI=1S/C14H23NO/c1-10(2)14(9-16)15-8-13-7-5-6-11(3)12(13)4/h5-7,10,14-16H,8-9H2,1-4H3. The normalized spacial score (nSPS) is 13.1. The third kappa shape index (κ3) is 3.32. The molecule has 0 aliphatic carbocycles. The second-order valence-corrected chi connectivity index (χ2v) is 4.77. The van der Waals surface area contributed by atoms with Crippen molar-refractivity contribution in [1.29, 1.82) is 0 Å². The van der Waals surface area contributed by atoms with Crippen molar-refractivity contribution in [2.45, 2.75) is 40.3 Å². The second-order valence-electron chi connectivity index (χ2n) is 4.77. The fourth-order valence-electron chi connectivity index (χ4n) is 1.76. The lowest BCUT2D eigenvalue weighted by Gasteiger charge is -2.20. The van der Waals surface area contributed by atoms with Crippen molar-refractivity contribution in [1.82, 2.24) is 5.32 Å². The van der Waals surface area contributed by atoms with E-state index in [0.29, 0.717) is 5.92 Å².